The van der Waals surface area contributed by atoms with Crippen LogP contribution in [0.4, 0.5) is 0 Å². The van der Waals surface area contributed by atoms with Crippen LogP contribution in [0.3, 0.4) is 0 Å². The highest BCUT2D eigenvalue weighted by atomic mass is 16.5. The van der Waals surface area contributed by atoms with Gasteiger partial charge in [-0.3, -0.25) is 4.79 Å². The Morgan fingerprint density at radius 3 is 3.05 bits per heavy atom. The van der Waals surface area contributed by atoms with Crippen LogP contribution in [0, 0.1) is 13.8 Å². The molecule has 0 radical (unpaired) electrons. The molecule has 0 spiro atoms. The molecule has 0 saturated heterocycles. The van der Waals surface area contributed by atoms with Gasteiger partial charge in [-0.2, -0.15) is 0 Å². The Kier molecular flexibility index (Phi) is 3.91. The summed E-state index contributed by atoms with van der Waals surface area (Å²) in [5, 5.41) is 7.84. The molecule has 0 aromatic carbocycles. The Bertz CT molecular complexity index is 784. The van der Waals surface area contributed by atoms with Crippen molar-refractivity contribution < 1.29 is 9.32 Å². The van der Waals surface area contributed by atoms with Crippen molar-refractivity contribution in [2.24, 2.45) is 0 Å². The molecule has 3 rings (SSSR count). The van der Waals surface area contributed by atoms with E-state index in [9.17, 15) is 4.79 Å². The van der Waals surface area contributed by atoms with Crippen molar-refractivity contribution in [3.63, 3.8) is 0 Å². The van der Waals surface area contributed by atoms with Crippen LogP contribution in [0.1, 0.15) is 22.6 Å². The zero-order valence-corrected chi connectivity index (χ0v) is 12.6. The van der Waals surface area contributed by atoms with Gasteiger partial charge in [-0.1, -0.05) is 5.16 Å². The minimum atomic E-state index is -0.00323. The van der Waals surface area contributed by atoms with Crippen LogP contribution in [0.5, 0.6) is 0 Å². The van der Waals surface area contributed by atoms with Gasteiger partial charge in [0.05, 0.1) is 12.1 Å². The number of amides is 1. The topological polar surface area (TPSA) is 83.8 Å². The molecule has 22 heavy (non-hydrogen) atoms. The number of aromatic amines is 1. The quantitative estimate of drug-likeness (QED) is 0.755. The van der Waals surface area contributed by atoms with Gasteiger partial charge in [-0.25, -0.2) is 4.98 Å². The van der Waals surface area contributed by atoms with Crippen molar-refractivity contribution in [3.05, 3.63) is 47.1 Å². The molecule has 0 aliphatic heterocycles. The molecule has 0 atom stereocenters. The molecular formula is C16H18N4O2. The van der Waals surface area contributed by atoms with Gasteiger partial charge in [0, 0.05) is 29.9 Å². The molecule has 1 amide bonds. The Morgan fingerprint density at radius 2 is 2.27 bits per heavy atom. The molecular weight excluding hydrogens is 280 g/mol. The van der Waals surface area contributed by atoms with Gasteiger partial charge >= 0.3 is 0 Å². The zero-order chi connectivity index (χ0) is 15.5. The van der Waals surface area contributed by atoms with Crippen LogP contribution in [0.25, 0.3) is 11.0 Å². The van der Waals surface area contributed by atoms with Crippen molar-refractivity contribution in [1.29, 1.82) is 0 Å². The molecule has 3 heterocycles. The monoisotopic (exact) mass is 298 g/mol. The number of H-pyrrole nitrogens is 1. The van der Waals surface area contributed by atoms with Crippen LogP contribution < -0.4 is 5.32 Å². The third kappa shape index (κ3) is 2.86. The molecule has 3 aromatic rings. The average Bonchev–Trinajstić information content (AvgIpc) is 3.05. The SMILES string of the molecule is Cc1noc(C)c1CCNC(=O)Cc1c[nH]c2ncccc12. The lowest BCUT2D eigenvalue weighted by Crippen LogP contribution is -2.27. The zero-order valence-electron chi connectivity index (χ0n) is 12.6. The van der Waals surface area contributed by atoms with E-state index < -0.39 is 0 Å². The molecule has 0 bridgehead atoms. The number of carbonyl (C=O) groups is 1. The van der Waals surface area contributed by atoms with Gasteiger partial charge in [0.25, 0.3) is 0 Å². The maximum atomic E-state index is 12.1. The first-order chi connectivity index (χ1) is 10.6. The lowest BCUT2D eigenvalue weighted by atomic mass is 10.1. The third-order valence-electron chi connectivity index (χ3n) is 3.77. The molecule has 0 saturated carbocycles. The molecule has 114 valence electrons. The van der Waals surface area contributed by atoms with Crippen LogP contribution in [0.15, 0.2) is 29.0 Å². The van der Waals surface area contributed by atoms with Crippen LogP contribution in [-0.2, 0) is 17.6 Å². The van der Waals surface area contributed by atoms with E-state index in [-0.39, 0.29) is 5.91 Å². The normalized spacial score (nSPS) is 11.0. The predicted octanol–water partition coefficient (Wildman–Crippen LogP) is 2.07. The number of nitrogens with one attached hydrogen (secondary N) is 2. The number of aryl methyl sites for hydroxylation is 2. The summed E-state index contributed by atoms with van der Waals surface area (Å²) >= 11 is 0. The van der Waals surface area contributed by atoms with Crippen LogP contribution in [-0.4, -0.2) is 27.6 Å². The van der Waals surface area contributed by atoms with E-state index in [0.29, 0.717) is 13.0 Å². The van der Waals surface area contributed by atoms with Gasteiger partial charge in [-0.15, -0.1) is 0 Å². The van der Waals surface area contributed by atoms with Gasteiger partial charge in [0.15, 0.2) is 0 Å². The van der Waals surface area contributed by atoms with Gasteiger partial charge in [0.1, 0.15) is 11.4 Å². The smallest absolute Gasteiger partial charge is 0.224 e. The number of aromatic nitrogens is 3. The number of fused-ring (bicyclic) bond motifs is 1. The number of nitrogens with zero attached hydrogens (tertiary/aromatic N) is 2. The standard InChI is InChI=1S/C16H18N4O2/c1-10-13(11(2)22-20-10)5-7-17-15(21)8-12-9-19-16-14(12)4-3-6-18-16/h3-4,6,9H,5,7-8H2,1-2H3,(H,17,21)(H,18,19). The maximum absolute atomic E-state index is 12.1. The van der Waals surface area contributed by atoms with Crippen molar-refractivity contribution in [2.45, 2.75) is 26.7 Å². The van der Waals surface area contributed by atoms with E-state index in [0.717, 1.165) is 40.0 Å². The minimum Gasteiger partial charge on any atom is -0.361 e. The first-order valence-electron chi connectivity index (χ1n) is 7.24. The van der Waals surface area contributed by atoms with E-state index in [1.807, 2.05) is 32.2 Å². The number of pyridine rings is 1. The Labute approximate surface area is 127 Å². The highest BCUT2D eigenvalue weighted by Gasteiger charge is 2.11. The fraction of sp³-hybridized carbons (Fsp3) is 0.312. The van der Waals surface area contributed by atoms with Crippen molar-refractivity contribution in [1.82, 2.24) is 20.4 Å². The summed E-state index contributed by atoms with van der Waals surface area (Å²) in [6.45, 7) is 4.37. The minimum absolute atomic E-state index is 0.00323. The third-order valence-corrected chi connectivity index (χ3v) is 3.77. The fourth-order valence-corrected chi connectivity index (χ4v) is 2.58. The molecule has 2 N–H and O–H groups in total. The molecule has 0 aliphatic carbocycles. The first-order valence-corrected chi connectivity index (χ1v) is 7.24. The highest BCUT2D eigenvalue weighted by molar-refractivity contribution is 5.87. The van der Waals surface area contributed by atoms with Crippen molar-refractivity contribution in [3.8, 4) is 0 Å². The van der Waals surface area contributed by atoms with E-state index >= 15 is 0 Å². The van der Waals surface area contributed by atoms with E-state index in [4.69, 9.17) is 4.52 Å². The second kappa shape index (κ2) is 6.01. The lowest BCUT2D eigenvalue weighted by Gasteiger charge is -2.04. The Balaban J connectivity index is 1.57. The summed E-state index contributed by atoms with van der Waals surface area (Å²) < 4.78 is 5.11. The molecule has 0 unspecified atom stereocenters. The Hall–Kier alpha value is -2.63. The predicted molar refractivity (Wildman–Crippen MR) is 82.5 cm³/mol. The number of hydrogen-bond acceptors (Lipinski definition) is 4. The fourth-order valence-electron chi connectivity index (χ4n) is 2.58. The van der Waals surface area contributed by atoms with Crippen LogP contribution >= 0.6 is 0 Å². The van der Waals surface area contributed by atoms with Gasteiger partial charge < -0.3 is 14.8 Å². The van der Waals surface area contributed by atoms with E-state index in [2.05, 4.69) is 20.4 Å². The summed E-state index contributed by atoms with van der Waals surface area (Å²) in [7, 11) is 0. The maximum Gasteiger partial charge on any atom is 0.224 e. The molecule has 3 aromatic heterocycles. The molecule has 6 heteroatoms. The number of rotatable bonds is 5. The number of carbonyl (C=O) groups excluding carboxylic acids is 1. The van der Waals surface area contributed by atoms with Crippen molar-refractivity contribution in [2.75, 3.05) is 6.54 Å². The molecule has 0 aliphatic rings. The van der Waals surface area contributed by atoms with Crippen LogP contribution in [0.2, 0.25) is 0 Å². The van der Waals surface area contributed by atoms with E-state index in [1.165, 1.54) is 0 Å². The van der Waals surface area contributed by atoms with Crippen molar-refractivity contribution >= 4 is 16.9 Å². The first kappa shape index (κ1) is 14.3. The highest BCUT2D eigenvalue weighted by Crippen LogP contribution is 2.16. The van der Waals surface area contributed by atoms with E-state index in [1.54, 1.807) is 6.20 Å². The van der Waals surface area contributed by atoms with Gasteiger partial charge in [0.2, 0.25) is 5.91 Å². The average molecular weight is 298 g/mol. The molecule has 0 fully saturated rings. The summed E-state index contributed by atoms with van der Waals surface area (Å²) in [5.74, 6) is 0.811. The summed E-state index contributed by atoms with van der Waals surface area (Å²) in [6.07, 6.45) is 4.63. The van der Waals surface area contributed by atoms with Gasteiger partial charge in [-0.05, 0) is 38.0 Å². The lowest BCUT2D eigenvalue weighted by molar-refractivity contribution is -0.120. The Morgan fingerprint density at radius 1 is 1.41 bits per heavy atom. The largest absolute Gasteiger partial charge is 0.361 e. The molecule has 6 nitrogen and oxygen atoms in total. The number of hydrogen-bond donors (Lipinski definition) is 2. The summed E-state index contributed by atoms with van der Waals surface area (Å²) in [4.78, 5) is 19.4. The summed E-state index contributed by atoms with van der Waals surface area (Å²) in [6, 6.07) is 3.83. The second-order valence-corrected chi connectivity index (χ2v) is 5.29. The summed E-state index contributed by atoms with van der Waals surface area (Å²) in [5.41, 5.74) is 3.71. The second-order valence-electron chi connectivity index (χ2n) is 5.29.